The van der Waals surface area contributed by atoms with E-state index in [0.29, 0.717) is 0 Å². The maximum atomic E-state index is 13.7. The molecule has 0 spiro atoms. The average molecular weight is 779 g/mol. The van der Waals surface area contributed by atoms with E-state index >= 15 is 0 Å². The van der Waals surface area contributed by atoms with E-state index in [1.807, 2.05) is 0 Å². The first kappa shape index (κ1) is 36.8. The third-order valence-electron chi connectivity index (χ3n) is 11.4. The van der Waals surface area contributed by atoms with Gasteiger partial charge in [0.2, 0.25) is 0 Å². The van der Waals surface area contributed by atoms with Gasteiger partial charge in [-0.1, -0.05) is 0 Å². The van der Waals surface area contributed by atoms with Crippen LogP contribution in [0.2, 0.25) is 0 Å². The van der Waals surface area contributed by atoms with E-state index in [1.54, 1.807) is 0 Å². The number of phenols is 2. The Hall–Kier alpha value is -6.14. The van der Waals surface area contributed by atoms with Crippen molar-refractivity contribution in [2.75, 3.05) is 0 Å². The normalized spacial score (nSPS) is 32.9. The predicted molar refractivity (Wildman–Crippen MR) is 182 cm³/mol. The second-order valence-corrected chi connectivity index (χ2v) is 15.2. The van der Waals surface area contributed by atoms with Crippen LogP contribution >= 0.6 is 0 Å². The van der Waals surface area contributed by atoms with Gasteiger partial charge >= 0.3 is 23.9 Å². The molecular weight excluding hydrogens is 744 g/mol. The van der Waals surface area contributed by atoms with Crippen molar-refractivity contribution in [3.63, 3.8) is 0 Å². The minimum Gasteiger partial charge on any atom is -0.506 e. The monoisotopic (exact) mass is 778 g/mol. The molecule has 0 radical (unpaired) electrons. The number of fused-ring (bicyclic) bond motifs is 6. The van der Waals surface area contributed by atoms with E-state index < -0.39 is 131 Å². The number of hydrogen-bond donors (Lipinski definition) is 6. The highest BCUT2D eigenvalue weighted by molar-refractivity contribution is 6.12. The lowest BCUT2D eigenvalue weighted by molar-refractivity contribution is -0.168. The maximum absolute atomic E-state index is 13.7. The fraction of sp³-hybridized carbons (Fsp3) is 0.421. The van der Waals surface area contributed by atoms with E-state index in [2.05, 4.69) is 0 Å². The molecule has 2 aromatic carbocycles. The van der Waals surface area contributed by atoms with Crippen LogP contribution in [0.25, 0.3) is 22.6 Å². The van der Waals surface area contributed by atoms with Gasteiger partial charge in [0.1, 0.15) is 56.8 Å². The highest BCUT2D eigenvalue weighted by Crippen LogP contribution is 2.61. The Labute approximate surface area is 315 Å². The number of esters is 2. The molecule has 0 amide bonds. The number of Topliss-reactive ketones (excluding diaryl/α,β-unsaturated/α-hetero) is 2. The summed E-state index contributed by atoms with van der Waals surface area (Å²) in [6, 6.07) is 5.21. The van der Waals surface area contributed by atoms with Crippen molar-refractivity contribution >= 4 is 47.0 Å². The number of carbonyl (C=O) groups is 6. The lowest BCUT2D eigenvalue weighted by Gasteiger charge is -2.45. The van der Waals surface area contributed by atoms with Gasteiger partial charge in [0.15, 0.2) is 47.2 Å². The van der Waals surface area contributed by atoms with Crippen LogP contribution in [0.15, 0.2) is 35.4 Å². The van der Waals surface area contributed by atoms with Crippen LogP contribution in [0.3, 0.4) is 0 Å². The zero-order chi connectivity index (χ0) is 40.6. The first-order valence-corrected chi connectivity index (χ1v) is 17.4. The first-order valence-electron chi connectivity index (χ1n) is 17.4. The molecule has 0 bridgehead atoms. The number of phenolic OH excluding ortho intramolecular Hbond substituents is 2. The number of benzene rings is 2. The Bertz CT molecular complexity index is 2150. The number of carbonyl (C=O) groups excluding carboxylic acids is 4. The molecule has 6 N–H and O–H groups in total. The van der Waals surface area contributed by atoms with Crippen molar-refractivity contribution in [1.29, 1.82) is 0 Å². The van der Waals surface area contributed by atoms with E-state index in [9.17, 15) is 49.2 Å². The molecule has 2 aliphatic carbocycles. The average Bonchev–Trinajstić information content (AvgIpc) is 4.01. The number of carboxylic acids is 2. The minimum absolute atomic E-state index is 0.139. The Morgan fingerprint density at radius 2 is 0.964 bits per heavy atom. The minimum atomic E-state index is -1.87. The van der Waals surface area contributed by atoms with E-state index in [1.165, 1.54) is 52.0 Å². The van der Waals surface area contributed by atoms with Crippen molar-refractivity contribution < 1.29 is 87.8 Å². The molecule has 56 heavy (non-hydrogen) atoms. The molecule has 0 aromatic heterocycles. The molecule has 18 nitrogen and oxygen atoms in total. The summed E-state index contributed by atoms with van der Waals surface area (Å²) >= 11 is 0. The fourth-order valence-corrected chi connectivity index (χ4v) is 8.66. The summed E-state index contributed by atoms with van der Waals surface area (Å²) in [5.41, 5.74) is -8.26. The number of aliphatic carboxylic acids is 2. The zero-order valence-corrected chi connectivity index (χ0v) is 30.0. The van der Waals surface area contributed by atoms with Crippen LogP contribution in [-0.4, -0.2) is 113 Å². The van der Waals surface area contributed by atoms with Crippen molar-refractivity contribution in [3.05, 3.63) is 46.5 Å². The molecule has 6 aliphatic rings. The number of hydrogen-bond acceptors (Lipinski definition) is 16. The molecule has 2 saturated heterocycles. The fourth-order valence-electron chi connectivity index (χ4n) is 8.66. The molecule has 4 aliphatic heterocycles. The van der Waals surface area contributed by atoms with Crippen LogP contribution in [0.1, 0.15) is 64.5 Å². The number of epoxide rings is 2. The predicted octanol–water partition coefficient (Wildman–Crippen LogP) is 2.64. The molecule has 294 valence electrons. The summed E-state index contributed by atoms with van der Waals surface area (Å²) in [6.07, 6.45) is -7.05. The van der Waals surface area contributed by atoms with Crippen LogP contribution in [-0.2, 0) is 47.7 Å². The van der Waals surface area contributed by atoms with Crippen LogP contribution < -0.4 is 9.47 Å². The van der Waals surface area contributed by atoms with Crippen molar-refractivity contribution in [2.24, 2.45) is 0 Å². The first-order chi connectivity index (χ1) is 26.2. The van der Waals surface area contributed by atoms with Gasteiger partial charge in [0.25, 0.3) is 0 Å². The Kier molecular flexibility index (Phi) is 7.68. The molecule has 8 atom stereocenters. The summed E-state index contributed by atoms with van der Waals surface area (Å²) in [4.78, 5) is 74.8. The van der Waals surface area contributed by atoms with Crippen molar-refractivity contribution in [2.45, 2.75) is 100 Å². The maximum Gasteiger partial charge on any atom is 0.306 e. The third kappa shape index (κ3) is 4.94. The largest absolute Gasteiger partial charge is 0.506 e. The van der Waals surface area contributed by atoms with Gasteiger partial charge < -0.3 is 59.1 Å². The highest BCUT2D eigenvalue weighted by atomic mass is 16.7. The van der Waals surface area contributed by atoms with E-state index in [4.69, 9.17) is 38.6 Å². The highest BCUT2D eigenvalue weighted by Gasteiger charge is 2.77. The van der Waals surface area contributed by atoms with E-state index in [-0.39, 0.29) is 44.9 Å². The van der Waals surface area contributed by atoms with Crippen molar-refractivity contribution in [1.82, 2.24) is 0 Å². The molecule has 18 heteroatoms. The van der Waals surface area contributed by atoms with Crippen LogP contribution in [0.5, 0.6) is 23.0 Å². The summed E-state index contributed by atoms with van der Waals surface area (Å²) in [5.74, 6) is -8.92. The van der Waals surface area contributed by atoms with Crippen molar-refractivity contribution in [3.8, 4) is 34.1 Å². The van der Waals surface area contributed by atoms with Crippen LogP contribution in [0.4, 0.5) is 0 Å². The zero-order valence-electron chi connectivity index (χ0n) is 30.0. The number of aliphatic hydroxyl groups is 2. The smallest absolute Gasteiger partial charge is 0.306 e. The van der Waals surface area contributed by atoms with Gasteiger partial charge in [0, 0.05) is 11.1 Å². The Balaban J connectivity index is 1.17. The molecule has 2 aromatic rings. The SMILES string of the molecule is C[C@@]12O[C@@H]1C(=O)C1=C(O)c3c(ccc(-c4ccc5c(c4O)C(O)=C4C(=O)[C@H]6O[C@@]6(C)[C@H](OC(=O)CCC(=O)O)[C@]4(C)O5)c3O)O[C@@]1(C)[C@H]2OC(=O)CCC(=O)O. The quantitative estimate of drug-likeness (QED) is 0.158. The Morgan fingerprint density at radius 1 is 0.607 bits per heavy atom. The molecular formula is C38H34O18. The summed E-state index contributed by atoms with van der Waals surface area (Å²) in [7, 11) is 0. The number of rotatable bonds is 9. The van der Waals surface area contributed by atoms with Crippen LogP contribution in [0, 0.1) is 0 Å². The summed E-state index contributed by atoms with van der Waals surface area (Å²) in [6.45, 7) is 5.77. The molecule has 0 unspecified atom stereocenters. The van der Waals surface area contributed by atoms with E-state index in [0.717, 1.165) is 0 Å². The van der Waals surface area contributed by atoms with Gasteiger partial charge in [-0.3, -0.25) is 28.8 Å². The number of carboxylic acid groups (broad SMARTS) is 2. The number of ether oxygens (including phenoxy) is 6. The van der Waals surface area contributed by atoms with Gasteiger partial charge in [0.05, 0.1) is 36.8 Å². The van der Waals surface area contributed by atoms with Gasteiger partial charge in [-0.15, -0.1) is 0 Å². The third-order valence-corrected chi connectivity index (χ3v) is 11.4. The second kappa shape index (κ2) is 11.7. The standard InChI is InChI=1S/C38H34O18/c1-35-23(29(49)31-37(3,55-31)33(35)51-19(43)11-9-17(39)40)27(47)21-15(53-35)7-5-13(25(21)45)14-6-8-16-22(26(14)46)28(48)24-30(50)32-38(4,56-32)34(36(24,2)54-16)52-20(44)12-10-18(41)42/h5-8,31-34,45-48H,9-12H2,1-4H3,(H,39,40)(H,41,42)/t31-,32-,33-,34-,35-,36-,37-,38-/m1/s1. The van der Waals surface area contributed by atoms with Gasteiger partial charge in [-0.25, -0.2) is 0 Å². The number of aliphatic hydroxyl groups excluding tert-OH is 2. The molecule has 4 fully saturated rings. The topological polar surface area (TPSA) is 286 Å². The number of aromatic hydroxyl groups is 2. The second-order valence-electron chi connectivity index (χ2n) is 15.2. The molecule has 2 saturated carbocycles. The molecule has 8 rings (SSSR count). The lowest BCUT2D eigenvalue weighted by Crippen LogP contribution is -2.62. The number of ketones is 2. The van der Waals surface area contributed by atoms with Gasteiger partial charge in [-0.05, 0) is 52.0 Å². The summed E-state index contributed by atoms with van der Waals surface area (Å²) < 4.78 is 35.0. The lowest BCUT2D eigenvalue weighted by atomic mass is 9.70. The Morgan fingerprint density at radius 3 is 1.30 bits per heavy atom. The summed E-state index contributed by atoms with van der Waals surface area (Å²) in [5, 5.41) is 64.8. The molecule has 4 heterocycles. The van der Waals surface area contributed by atoms with Gasteiger partial charge in [-0.2, -0.15) is 0 Å².